The summed E-state index contributed by atoms with van der Waals surface area (Å²) in [4.78, 5) is 12.0. The van der Waals surface area contributed by atoms with Crippen LogP contribution >= 0.6 is 11.6 Å². The molecule has 21 heavy (non-hydrogen) atoms. The number of benzene rings is 1. The number of carbonyl (C=O) groups is 1. The number of carbonyl (C=O) groups excluding carboxylic acids is 1. The Morgan fingerprint density at radius 3 is 2.71 bits per heavy atom. The predicted octanol–water partition coefficient (Wildman–Crippen LogP) is 2.27. The smallest absolute Gasteiger partial charge is 0.220 e. The minimum atomic E-state index is -3.01. The Morgan fingerprint density at radius 1 is 1.43 bits per heavy atom. The van der Waals surface area contributed by atoms with Crippen molar-refractivity contribution in [1.82, 2.24) is 5.32 Å². The van der Waals surface area contributed by atoms with Crippen molar-refractivity contribution in [3.8, 4) is 0 Å². The third kappa shape index (κ3) is 4.45. The van der Waals surface area contributed by atoms with E-state index in [0.717, 1.165) is 11.1 Å². The summed E-state index contributed by atoms with van der Waals surface area (Å²) in [7, 11) is -3.01. The Balaban J connectivity index is 1.89. The van der Waals surface area contributed by atoms with E-state index >= 15 is 0 Å². The standard InChI is InChI=1S/C15H20ClNO3S/c1-11-3-4-12(9-13(11)16)5-6-14(18)17-15(2)7-8-21(19,20)10-15/h3-4,9H,5-8,10H2,1-2H3,(H,17,18)/t15-/m1/s1. The van der Waals surface area contributed by atoms with Crippen LogP contribution in [0.2, 0.25) is 5.02 Å². The second-order valence-corrected chi connectivity index (χ2v) is 8.63. The second kappa shape index (κ2) is 5.97. The zero-order chi connectivity index (χ0) is 15.7. The molecule has 0 aliphatic carbocycles. The van der Waals surface area contributed by atoms with Gasteiger partial charge in [0.2, 0.25) is 5.91 Å². The van der Waals surface area contributed by atoms with Crippen molar-refractivity contribution in [3.05, 3.63) is 34.3 Å². The first-order chi connectivity index (χ1) is 9.69. The molecule has 6 heteroatoms. The van der Waals surface area contributed by atoms with Crippen LogP contribution in [-0.2, 0) is 21.1 Å². The van der Waals surface area contributed by atoms with E-state index in [4.69, 9.17) is 11.6 Å². The number of sulfone groups is 1. The molecule has 1 N–H and O–H groups in total. The van der Waals surface area contributed by atoms with Gasteiger partial charge < -0.3 is 5.32 Å². The molecule has 1 aliphatic heterocycles. The minimum Gasteiger partial charge on any atom is -0.350 e. The van der Waals surface area contributed by atoms with Crippen LogP contribution in [0.1, 0.15) is 30.9 Å². The average Bonchev–Trinajstić information content (AvgIpc) is 2.65. The highest BCUT2D eigenvalue weighted by molar-refractivity contribution is 7.91. The lowest BCUT2D eigenvalue weighted by Crippen LogP contribution is -2.47. The fourth-order valence-electron chi connectivity index (χ4n) is 2.56. The molecular weight excluding hydrogens is 310 g/mol. The van der Waals surface area contributed by atoms with Crippen molar-refractivity contribution >= 4 is 27.3 Å². The molecule has 0 saturated carbocycles. The van der Waals surface area contributed by atoms with Crippen molar-refractivity contribution in [1.29, 1.82) is 0 Å². The SMILES string of the molecule is Cc1ccc(CCC(=O)N[C@]2(C)CCS(=O)(=O)C2)cc1Cl. The first-order valence-corrected chi connectivity index (χ1v) is 9.16. The second-order valence-electron chi connectivity index (χ2n) is 6.03. The summed E-state index contributed by atoms with van der Waals surface area (Å²) in [6.07, 6.45) is 1.40. The lowest BCUT2D eigenvalue weighted by molar-refractivity contribution is -0.122. The molecule has 0 radical (unpaired) electrons. The number of hydrogen-bond acceptors (Lipinski definition) is 3. The van der Waals surface area contributed by atoms with Crippen LogP contribution in [0.5, 0.6) is 0 Å². The summed E-state index contributed by atoms with van der Waals surface area (Å²) in [6.45, 7) is 3.72. The lowest BCUT2D eigenvalue weighted by atomic mass is 10.0. The third-order valence-electron chi connectivity index (χ3n) is 3.82. The summed E-state index contributed by atoms with van der Waals surface area (Å²) < 4.78 is 23.0. The van der Waals surface area contributed by atoms with E-state index in [-0.39, 0.29) is 17.4 Å². The van der Waals surface area contributed by atoms with Crippen LogP contribution in [0.15, 0.2) is 18.2 Å². The normalized spacial score (nSPS) is 24.0. The van der Waals surface area contributed by atoms with Crippen LogP contribution < -0.4 is 5.32 Å². The Hall–Kier alpha value is -1.07. The molecule has 0 spiro atoms. The van der Waals surface area contributed by atoms with Crippen LogP contribution in [0, 0.1) is 6.92 Å². The Bertz CT molecular complexity index is 657. The van der Waals surface area contributed by atoms with Gasteiger partial charge in [-0.2, -0.15) is 0 Å². The van der Waals surface area contributed by atoms with E-state index in [0.29, 0.717) is 24.3 Å². The predicted molar refractivity (Wildman–Crippen MR) is 84.3 cm³/mol. The van der Waals surface area contributed by atoms with E-state index < -0.39 is 15.4 Å². The summed E-state index contributed by atoms with van der Waals surface area (Å²) in [6, 6.07) is 5.75. The number of hydrogen-bond donors (Lipinski definition) is 1. The van der Waals surface area contributed by atoms with Gasteiger partial charge in [-0.15, -0.1) is 0 Å². The Labute approximate surface area is 130 Å². The summed E-state index contributed by atoms with van der Waals surface area (Å²) >= 11 is 6.05. The van der Waals surface area contributed by atoms with Crippen molar-refractivity contribution in [2.24, 2.45) is 0 Å². The first-order valence-electron chi connectivity index (χ1n) is 6.96. The van der Waals surface area contributed by atoms with E-state index in [9.17, 15) is 13.2 Å². The molecule has 2 rings (SSSR count). The fraction of sp³-hybridized carbons (Fsp3) is 0.533. The Morgan fingerprint density at radius 2 is 2.14 bits per heavy atom. The molecule has 4 nitrogen and oxygen atoms in total. The molecule has 1 aromatic carbocycles. The largest absolute Gasteiger partial charge is 0.350 e. The molecule has 116 valence electrons. The van der Waals surface area contributed by atoms with Crippen LogP contribution in [0.4, 0.5) is 0 Å². The molecule has 0 unspecified atom stereocenters. The number of amides is 1. The van der Waals surface area contributed by atoms with E-state index in [1.807, 2.05) is 25.1 Å². The number of nitrogens with one attached hydrogen (secondary N) is 1. The Kier molecular flexibility index (Phi) is 4.63. The first kappa shape index (κ1) is 16.3. The summed E-state index contributed by atoms with van der Waals surface area (Å²) in [5.74, 6) is 0.0608. The molecule has 1 heterocycles. The number of aryl methyl sites for hydroxylation is 2. The van der Waals surface area contributed by atoms with Gasteiger partial charge >= 0.3 is 0 Å². The molecule has 1 aliphatic rings. The maximum Gasteiger partial charge on any atom is 0.220 e. The summed E-state index contributed by atoms with van der Waals surface area (Å²) in [5.41, 5.74) is 1.39. The zero-order valence-corrected chi connectivity index (χ0v) is 13.9. The van der Waals surface area contributed by atoms with Gasteiger partial charge in [0.15, 0.2) is 9.84 Å². The molecular formula is C15H20ClNO3S. The zero-order valence-electron chi connectivity index (χ0n) is 12.3. The topological polar surface area (TPSA) is 63.2 Å². The summed E-state index contributed by atoms with van der Waals surface area (Å²) in [5, 5.41) is 3.55. The van der Waals surface area contributed by atoms with Gasteiger partial charge in [0.1, 0.15) is 0 Å². The third-order valence-corrected chi connectivity index (χ3v) is 6.13. The molecule has 1 aromatic rings. The maximum atomic E-state index is 12.0. The van der Waals surface area contributed by atoms with Gasteiger partial charge in [0.25, 0.3) is 0 Å². The molecule has 0 bridgehead atoms. The molecule has 1 saturated heterocycles. The number of halogens is 1. The van der Waals surface area contributed by atoms with E-state index in [1.54, 1.807) is 6.92 Å². The van der Waals surface area contributed by atoms with Gasteiger partial charge in [-0.05, 0) is 43.9 Å². The highest BCUT2D eigenvalue weighted by atomic mass is 35.5. The molecule has 0 aromatic heterocycles. The highest BCUT2D eigenvalue weighted by Crippen LogP contribution is 2.23. The molecule has 1 atom stereocenters. The fourth-order valence-corrected chi connectivity index (χ4v) is 4.85. The van der Waals surface area contributed by atoms with Gasteiger partial charge in [-0.25, -0.2) is 8.42 Å². The van der Waals surface area contributed by atoms with Gasteiger partial charge in [-0.3, -0.25) is 4.79 Å². The van der Waals surface area contributed by atoms with Crippen LogP contribution in [-0.4, -0.2) is 31.4 Å². The van der Waals surface area contributed by atoms with Crippen molar-refractivity contribution in [2.45, 2.75) is 38.6 Å². The molecule has 1 amide bonds. The van der Waals surface area contributed by atoms with Gasteiger partial charge in [0.05, 0.1) is 17.0 Å². The number of rotatable bonds is 4. The quantitative estimate of drug-likeness (QED) is 0.921. The van der Waals surface area contributed by atoms with Crippen molar-refractivity contribution < 1.29 is 13.2 Å². The van der Waals surface area contributed by atoms with Gasteiger partial charge in [0, 0.05) is 11.4 Å². The van der Waals surface area contributed by atoms with Gasteiger partial charge in [-0.1, -0.05) is 23.7 Å². The maximum absolute atomic E-state index is 12.0. The minimum absolute atomic E-state index is 0.0299. The monoisotopic (exact) mass is 329 g/mol. The lowest BCUT2D eigenvalue weighted by Gasteiger charge is -2.23. The average molecular weight is 330 g/mol. The van der Waals surface area contributed by atoms with Crippen molar-refractivity contribution in [2.75, 3.05) is 11.5 Å². The molecule has 1 fully saturated rings. The van der Waals surface area contributed by atoms with E-state index in [2.05, 4.69) is 5.32 Å². The van der Waals surface area contributed by atoms with Crippen LogP contribution in [0.25, 0.3) is 0 Å². The van der Waals surface area contributed by atoms with E-state index in [1.165, 1.54) is 0 Å². The highest BCUT2D eigenvalue weighted by Gasteiger charge is 2.39. The van der Waals surface area contributed by atoms with Crippen molar-refractivity contribution in [3.63, 3.8) is 0 Å². The van der Waals surface area contributed by atoms with Crippen LogP contribution in [0.3, 0.4) is 0 Å².